The van der Waals surface area contributed by atoms with Gasteiger partial charge in [0.2, 0.25) is 0 Å². The van der Waals surface area contributed by atoms with Crippen molar-refractivity contribution in [3.05, 3.63) is 0 Å². The van der Waals surface area contributed by atoms with Crippen LogP contribution in [0.3, 0.4) is 0 Å². The molecule has 0 aromatic carbocycles. The summed E-state index contributed by atoms with van der Waals surface area (Å²) >= 11 is 0. The Morgan fingerprint density at radius 1 is 0.489 bits per heavy atom. The quantitative estimate of drug-likeness (QED) is 0.0553. The molecule has 1 aliphatic rings. The fraction of sp³-hybridized carbons (Fsp3) is 0.927. The molecule has 4 nitrogen and oxygen atoms in total. The van der Waals surface area contributed by atoms with E-state index in [1.165, 1.54) is 173 Å². The van der Waals surface area contributed by atoms with Gasteiger partial charge in [-0.2, -0.15) is 0 Å². The van der Waals surface area contributed by atoms with Crippen LogP contribution in [0.5, 0.6) is 0 Å². The average Bonchev–Trinajstić information content (AvgIpc) is 3.59. The molecule has 0 aliphatic carbocycles. The maximum Gasteiger partial charge on any atom is 0.198 e. The van der Waals surface area contributed by atoms with E-state index in [2.05, 4.69) is 24.2 Å². The number of aliphatic imine (C=N–C) groups is 1. The minimum atomic E-state index is -0.148. The molecule has 0 fully saturated rings. The highest BCUT2D eigenvalue weighted by molar-refractivity contribution is 6.37. The zero-order valence-electron chi connectivity index (χ0n) is 30.6. The van der Waals surface area contributed by atoms with Crippen molar-refractivity contribution in [2.75, 3.05) is 13.1 Å². The summed E-state index contributed by atoms with van der Waals surface area (Å²) in [7, 11) is 0. The number of carbonyl (C=O) groups is 2. The van der Waals surface area contributed by atoms with Gasteiger partial charge in [0.1, 0.15) is 0 Å². The summed E-state index contributed by atoms with van der Waals surface area (Å²) in [5.74, 6) is 1.12. The van der Waals surface area contributed by atoms with E-state index in [1.54, 1.807) is 0 Å². The first-order chi connectivity index (χ1) is 22.2. The van der Waals surface area contributed by atoms with Crippen molar-refractivity contribution >= 4 is 17.4 Å². The second-order valence-corrected chi connectivity index (χ2v) is 14.4. The molecule has 0 bridgehead atoms. The van der Waals surface area contributed by atoms with Gasteiger partial charge in [-0.3, -0.25) is 14.6 Å². The monoisotopic (exact) mass is 631 g/mol. The highest BCUT2D eigenvalue weighted by Crippen LogP contribution is 2.21. The van der Waals surface area contributed by atoms with Crippen LogP contribution in [0.2, 0.25) is 0 Å². The normalized spacial score (nSPS) is 13.6. The van der Waals surface area contributed by atoms with Gasteiger partial charge in [-0.1, -0.05) is 194 Å². The van der Waals surface area contributed by atoms with Gasteiger partial charge in [-0.05, 0) is 19.3 Å². The Balaban J connectivity index is 2.01. The van der Waals surface area contributed by atoms with Crippen molar-refractivity contribution in [3.63, 3.8) is 0 Å². The number of hydrogen-bond donors (Lipinski definition) is 1. The summed E-state index contributed by atoms with van der Waals surface area (Å²) in [6.45, 7) is 6.33. The Labute approximate surface area is 281 Å². The molecule has 4 heteroatoms. The van der Waals surface area contributed by atoms with Crippen LogP contribution in [0.1, 0.15) is 226 Å². The first-order valence-corrected chi connectivity index (χ1v) is 20.5. The van der Waals surface area contributed by atoms with Crippen molar-refractivity contribution in [2.24, 2.45) is 10.9 Å². The average molecular weight is 631 g/mol. The Morgan fingerprint density at radius 3 is 1.22 bits per heavy atom. The van der Waals surface area contributed by atoms with Crippen LogP contribution >= 0.6 is 0 Å². The Morgan fingerprint density at radius 2 is 0.844 bits per heavy atom. The lowest BCUT2D eigenvalue weighted by molar-refractivity contribution is -0.136. The second-order valence-electron chi connectivity index (χ2n) is 14.4. The van der Waals surface area contributed by atoms with E-state index in [9.17, 15) is 9.59 Å². The van der Waals surface area contributed by atoms with E-state index in [-0.39, 0.29) is 11.6 Å². The van der Waals surface area contributed by atoms with E-state index in [0.29, 0.717) is 18.8 Å². The van der Waals surface area contributed by atoms with Gasteiger partial charge in [0, 0.05) is 25.3 Å². The van der Waals surface area contributed by atoms with Crippen molar-refractivity contribution in [1.82, 2.24) is 5.32 Å². The van der Waals surface area contributed by atoms with Crippen LogP contribution < -0.4 is 5.32 Å². The van der Waals surface area contributed by atoms with Crippen LogP contribution in [0, 0.1) is 5.92 Å². The number of amidine groups is 1. The third-order valence-electron chi connectivity index (χ3n) is 10.0. The van der Waals surface area contributed by atoms with Crippen molar-refractivity contribution < 1.29 is 9.59 Å². The number of nitrogens with zero attached hydrogens (tertiary/aromatic N) is 1. The minimum absolute atomic E-state index is 0.138. The molecule has 0 saturated heterocycles. The molecule has 1 atom stereocenters. The molecule has 1 aliphatic heterocycles. The van der Waals surface area contributed by atoms with E-state index in [4.69, 9.17) is 0 Å². The number of carbonyl (C=O) groups excluding carboxylic acids is 2. The Hall–Kier alpha value is -1.19. The second kappa shape index (κ2) is 32.7. The summed E-state index contributed by atoms with van der Waals surface area (Å²) in [5.41, 5.74) is 0. The van der Waals surface area contributed by atoms with Crippen LogP contribution in [0.15, 0.2) is 4.99 Å². The molecule has 0 aromatic rings. The van der Waals surface area contributed by atoms with E-state index in [1.807, 2.05) is 0 Å². The molecule has 0 amide bonds. The zero-order chi connectivity index (χ0) is 32.5. The van der Waals surface area contributed by atoms with Gasteiger partial charge in [-0.15, -0.1) is 0 Å². The number of hydrogen-bond acceptors (Lipinski definition) is 4. The number of ketones is 2. The predicted octanol–water partition coefficient (Wildman–Crippen LogP) is 12.7. The van der Waals surface area contributed by atoms with Crippen LogP contribution in [-0.4, -0.2) is 30.5 Å². The molecule has 1 heterocycles. The SMILES string of the molecule is CCCCCCCCCCCCCCCCCC(=O)C(=O)CCC(CCCCCCCCCCCCCCCC)C1=NCCN1. The summed E-state index contributed by atoms with van der Waals surface area (Å²) in [6.07, 6.45) is 41.6. The molecule has 1 rings (SSSR count). The Kier molecular flexibility index (Phi) is 30.4. The third kappa shape index (κ3) is 26.6. The number of nitrogens with one attached hydrogen (secondary N) is 1. The van der Waals surface area contributed by atoms with Crippen molar-refractivity contribution in [3.8, 4) is 0 Å². The molecule has 0 aromatic heterocycles. The van der Waals surface area contributed by atoms with E-state index < -0.39 is 0 Å². The van der Waals surface area contributed by atoms with Crippen LogP contribution in [0.25, 0.3) is 0 Å². The standard InChI is InChI=1S/C41H78N2O2/c1-3-5-7-9-11-13-15-17-19-21-23-25-27-29-31-33-39(44)40(45)35-34-38(41-42-36-37-43-41)32-30-28-26-24-22-20-18-16-14-12-10-8-6-4-2/h38H,3-37H2,1-2H3,(H,42,43). The van der Waals surface area contributed by atoms with Gasteiger partial charge in [0.15, 0.2) is 11.6 Å². The maximum atomic E-state index is 12.6. The lowest BCUT2D eigenvalue weighted by atomic mass is 9.92. The topological polar surface area (TPSA) is 58.5 Å². The minimum Gasteiger partial charge on any atom is -0.372 e. The van der Waals surface area contributed by atoms with Crippen LogP contribution in [-0.2, 0) is 9.59 Å². The number of Topliss-reactive ketones (excluding diaryl/α,β-unsaturated/α-hetero) is 2. The number of rotatable bonds is 36. The lowest BCUT2D eigenvalue weighted by Crippen LogP contribution is -2.28. The van der Waals surface area contributed by atoms with E-state index in [0.717, 1.165) is 44.6 Å². The fourth-order valence-corrected chi connectivity index (χ4v) is 6.93. The summed E-state index contributed by atoms with van der Waals surface area (Å²) in [4.78, 5) is 29.8. The van der Waals surface area contributed by atoms with Crippen molar-refractivity contribution in [1.29, 1.82) is 0 Å². The van der Waals surface area contributed by atoms with Gasteiger partial charge in [0.25, 0.3) is 0 Å². The molecule has 1 N–H and O–H groups in total. The highest BCUT2D eigenvalue weighted by Gasteiger charge is 2.21. The summed E-state index contributed by atoms with van der Waals surface area (Å²) in [6, 6.07) is 0. The summed E-state index contributed by atoms with van der Waals surface area (Å²) < 4.78 is 0. The maximum absolute atomic E-state index is 12.6. The lowest BCUT2D eigenvalue weighted by Gasteiger charge is -2.17. The number of unbranched alkanes of at least 4 members (excludes halogenated alkanes) is 27. The van der Waals surface area contributed by atoms with Gasteiger partial charge in [0.05, 0.1) is 12.4 Å². The molecule has 45 heavy (non-hydrogen) atoms. The van der Waals surface area contributed by atoms with Crippen molar-refractivity contribution in [2.45, 2.75) is 226 Å². The molecule has 0 radical (unpaired) electrons. The van der Waals surface area contributed by atoms with Gasteiger partial charge >= 0.3 is 0 Å². The molecule has 1 unspecified atom stereocenters. The van der Waals surface area contributed by atoms with Crippen LogP contribution in [0.4, 0.5) is 0 Å². The predicted molar refractivity (Wildman–Crippen MR) is 198 cm³/mol. The summed E-state index contributed by atoms with van der Waals surface area (Å²) in [5, 5.41) is 3.45. The largest absolute Gasteiger partial charge is 0.372 e. The molecular formula is C41H78N2O2. The first-order valence-electron chi connectivity index (χ1n) is 20.5. The van der Waals surface area contributed by atoms with E-state index >= 15 is 0 Å². The molecule has 264 valence electrons. The zero-order valence-corrected chi connectivity index (χ0v) is 30.6. The van der Waals surface area contributed by atoms with Gasteiger partial charge in [-0.25, -0.2) is 0 Å². The van der Waals surface area contributed by atoms with Gasteiger partial charge < -0.3 is 5.32 Å². The molecule has 0 saturated carbocycles. The third-order valence-corrected chi connectivity index (χ3v) is 10.0. The molecule has 0 spiro atoms. The smallest absolute Gasteiger partial charge is 0.198 e. The highest BCUT2D eigenvalue weighted by atomic mass is 16.2. The Bertz CT molecular complexity index is 704. The fourth-order valence-electron chi connectivity index (χ4n) is 6.93. The molecular weight excluding hydrogens is 552 g/mol. The first kappa shape index (κ1) is 41.8.